The summed E-state index contributed by atoms with van der Waals surface area (Å²) >= 11 is 0. The molecular formula is C19H23N3O2. The Morgan fingerprint density at radius 3 is 2.46 bits per heavy atom. The van der Waals surface area contributed by atoms with Crippen LogP contribution in [0.3, 0.4) is 0 Å². The lowest BCUT2D eigenvalue weighted by molar-refractivity contribution is -0.120. The molecule has 5 heteroatoms. The molecule has 2 aromatic rings. The average molecular weight is 325 g/mol. The van der Waals surface area contributed by atoms with Crippen molar-refractivity contribution in [3.63, 3.8) is 0 Å². The zero-order valence-electron chi connectivity index (χ0n) is 14.0. The summed E-state index contributed by atoms with van der Waals surface area (Å²) in [7, 11) is 0. The van der Waals surface area contributed by atoms with Crippen molar-refractivity contribution in [2.24, 2.45) is 5.73 Å². The Bertz CT molecular complexity index is 712. The van der Waals surface area contributed by atoms with Gasteiger partial charge in [0, 0.05) is 17.8 Å². The number of amides is 2. The molecule has 0 saturated carbocycles. The number of hydrogen-bond donors (Lipinski definition) is 3. The van der Waals surface area contributed by atoms with E-state index in [4.69, 9.17) is 5.73 Å². The van der Waals surface area contributed by atoms with Gasteiger partial charge >= 0.3 is 0 Å². The van der Waals surface area contributed by atoms with Gasteiger partial charge in [0.2, 0.25) is 5.91 Å². The van der Waals surface area contributed by atoms with Crippen LogP contribution in [-0.2, 0) is 10.3 Å². The van der Waals surface area contributed by atoms with Gasteiger partial charge in [0.25, 0.3) is 5.91 Å². The molecule has 0 aromatic heterocycles. The SMILES string of the molecule is CCCNC(=O)c1cccc(NC(=O)C(C)(N)c2ccccc2)c1. The first-order valence-electron chi connectivity index (χ1n) is 7.99. The predicted octanol–water partition coefficient (Wildman–Crippen LogP) is 2.64. The molecule has 4 N–H and O–H groups in total. The molecule has 0 spiro atoms. The number of nitrogens with one attached hydrogen (secondary N) is 2. The molecular weight excluding hydrogens is 302 g/mol. The van der Waals surface area contributed by atoms with Crippen LogP contribution in [0.15, 0.2) is 54.6 Å². The second kappa shape index (κ2) is 7.75. The smallest absolute Gasteiger partial charge is 0.251 e. The third-order valence-corrected chi connectivity index (χ3v) is 3.76. The first-order chi connectivity index (χ1) is 11.4. The minimum Gasteiger partial charge on any atom is -0.352 e. The highest BCUT2D eigenvalue weighted by Gasteiger charge is 2.30. The Morgan fingerprint density at radius 2 is 1.79 bits per heavy atom. The van der Waals surface area contributed by atoms with E-state index in [1.165, 1.54) is 0 Å². The van der Waals surface area contributed by atoms with Crippen LogP contribution in [0.2, 0.25) is 0 Å². The van der Waals surface area contributed by atoms with Gasteiger partial charge in [0.1, 0.15) is 5.54 Å². The van der Waals surface area contributed by atoms with Crippen LogP contribution in [0, 0.1) is 0 Å². The number of benzene rings is 2. The molecule has 5 nitrogen and oxygen atoms in total. The molecule has 0 fully saturated rings. The minimum atomic E-state index is -1.16. The number of nitrogens with two attached hydrogens (primary N) is 1. The lowest BCUT2D eigenvalue weighted by Crippen LogP contribution is -2.45. The molecule has 0 radical (unpaired) electrons. The second-order valence-corrected chi connectivity index (χ2v) is 5.86. The lowest BCUT2D eigenvalue weighted by atomic mass is 9.92. The molecule has 0 aliphatic heterocycles. The van der Waals surface area contributed by atoms with Gasteiger partial charge < -0.3 is 16.4 Å². The maximum Gasteiger partial charge on any atom is 0.251 e. The van der Waals surface area contributed by atoms with Gasteiger partial charge in [-0.2, -0.15) is 0 Å². The molecule has 0 heterocycles. The van der Waals surface area contributed by atoms with Crippen LogP contribution >= 0.6 is 0 Å². The van der Waals surface area contributed by atoms with E-state index < -0.39 is 5.54 Å². The highest BCUT2D eigenvalue weighted by atomic mass is 16.2. The van der Waals surface area contributed by atoms with Gasteiger partial charge in [-0.05, 0) is 37.1 Å². The number of carbonyl (C=O) groups excluding carboxylic acids is 2. The van der Waals surface area contributed by atoms with Crippen molar-refractivity contribution in [3.05, 3.63) is 65.7 Å². The number of anilines is 1. The minimum absolute atomic E-state index is 0.161. The summed E-state index contributed by atoms with van der Waals surface area (Å²) in [5.74, 6) is -0.494. The van der Waals surface area contributed by atoms with Gasteiger partial charge in [-0.25, -0.2) is 0 Å². The van der Waals surface area contributed by atoms with Crippen LogP contribution < -0.4 is 16.4 Å². The van der Waals surface area contributed by atoms with Crippen LogP contribution in [-0.4, -0.2) is 18.4 Å². The number of rotatable bonds is 6. The van der Waals surface area contributed by atoms with E-state index in [1.54, 1.807) is 31.2 Å². The van der Waals surface area contributed by atoms with E-state index in [-0.39, 0.29) is 11.8 Å². The zero-order valence-corrected chi connectivity index (χ0v) is 14.0. The first kappa shape index (κ1) is 17.7. The van der Waals surface area contributed by atoms with Crippen molar-refractivity contribution in [2.45, 2.75) is 25.8 Å². The normalized spacial score (nSPS) is 13.0. The predicted molar refractivity (Wildman–Crippen MR) is 95.7 cm³/mol. The highest BCUT2D eigenvalue weighted by molar-refractivity contribution is 6.00. The molecule has 1 atom stereocenters. The second-order valence-electron chi connectivity index (χ2n) is 5.86. The summed E-state index contributed by atoms with van der Waals surface area (Å²) in [4.78, 5) is 24.6. The Morgan fingerprint density at radius 1 is 1.08 bits per heavy atom. The average Bonchev–Trinajstić information content (AvgIpc) is 2.60. The van der Waals surface area contributed by atoms with Gasteiger partial charge in [-0.3, -0.25) is 9.59 Å². The number of carbonyl (C=O) groups is 2. The van der Waals surface area contributed by atoms with Crippen LogP contribution in [0.25, 0.3) is 0 Å². The molecule has 0 aliphatic carbocycles. The van der Waals surface area contributed by atoms with Gasteiger partial charge in [-0.15, -0.1) is 0 Å². The van der Waals surface area contributed by atoms with E-state index in [0.29, 0.717) is 17.8 Å². The summed E-state index contributed by atoms with van der Waals surface area (Å²) in [6.45, 7) is 4.27. The van der Waals surface area contributed by atoms with E-state index in [9.17, 15) is 9.59 Å². The summed E-state index contributed by atoms with van der Waals surface area (Å²) in [6.07, 6.45) is 0.866. The maximum atomic E-state index is 12.6. The molecule has 1 unspecified atom stereocenters. The maximum absolute atomic E-state index is 12.6. The van der Waals surface area contributed by atoms with Crippen LogP contribution in [0.5, 0.6) is 0 Å². The fraction of sp³-hybridized carbons (Fsp3) is 0.263. The topological polar surface area (TPSA) is 84.2 Å². The van der Waals surface area contributed by atoms with Crippen molar-refractivity contribution < 1.29 is 9.59 Å². The Kier molecular flexibility index (Phi) is 5.71. The third kappa shape index (κ3) is 4.20. The molecule has 2 rings (SSSR count). The molecule has 24 heavy (non-hydrogen) atoms. The Balaban J connectivity index is 2.13. The summed E-state index contributed by atoms with van der Waals surface area (Å²) in [6, 6.07) is 16.0. The van der Waals surface area contributed by atoms with E-state index in [1.807, 2.05) is 37.3 Å². The van der Waals surface area contributed by atoms with Crippen LogP contribution in [0.4, 0.5) is 5.69 Å². The largest absolute Gasteiger partial charge is 0.352 e. The fourth-order valence-corrected chi connectivity index (χ4v) is 2.26. The Hall–Kier alpha value is -2.66. The van der Waals surface area contributed by atoms with Crippen molar-refractivity contribution in [2.75, 3.05) is 11.9 Å². The molecule has 0 saturated heterocycles. The van der Waals surface area contributed by atoms with Gasteiger partial charge in [0.15, 0.2) is 0 Å². The van der Waals surface area contributed by atoms with Gasteiger partial charge in [-0.1, -0.05) is 43.3 Å². The summed E-state index contributed by atoms with van der Waals surface area (Å²) in [5, 5.41) is 5.60. The Labute approximate surface area is 142 Å². The first-order valence-corrected chi connectivity index (χ1v) is 7.99. The van der Waals surface area contributed by atoms with Crippen molar-refractivity contribution >= 4 is 17.5 Å². The highest BCUT2D eigenvalue weighted by Crippen LogP contribution is 2.20. The molecule has 2 amide bonds. The molecule has 126 valence electrons. The standard InChI is InChI=1S/C19H23N3O2/c1-3-12-21-17(23)14-8-7-11-16(13-14)22-18(24)19(2,20)15-9-5-4-6-10-15/h4-11,13H,3,12,20H2,1-2H3,(H,21,23)(H,22,24). The molecule has 2 aromatic carbocycles. The fourth-order valence-electron chi connectivity index (χ4n) is 2.26. The van der Waals surface area contributed by atoms with E-state index in [0.717, 1.165) is 12.0 Å². The molecule has 0 bridgehead atoms. The number of hydrogen-bond acceptors (Lipinski definition) is 3. The molecule has 0 aliphatic rings. The van der Waals surface area contributed by atoms with Crippen molar-refractivity contribution in [3.8, 4) is 0 Å². The van der Waals surface area contributed by atoms with E-state index >= 15 is 0 Å². The zero-order chi connectivity index (χ0) is 17.6. The third-order valence-electron chi connectivity index (χ3n) is 3.76. The quantitative estimate of drug-likeness (QED) is 0.763. The van der Waals surface area contributed by atoms with Crippen LogP contribution in [0.1, 0.15) is 36.2 Å². The summed E-state index contributed by atoms with van der Waals surface area (Å²) in [5.41, 5.74) is 6.80. The van der Waals surface area contributed by atoms with E-state index in [2.05, 4.69) is 10.6 Å². The monoisotopic (exact) mass is 325 g/mol. The summed E-state index contributed by atoms with van der Waals surface area (Å²) < 4.78 is 0. The van der Waals surface area contributed by atoms with Crippen molar-refractivity contribution in [1.29, 1.82) is 0 Å². The van der Waals surface area contributed by atoms with Crippen molar-refractivity contribution in [1.82, 2.24) is 5.32 Å². The lowest BCUT2D eigenvalue weighted by Gasteiger charge is -2.24. The van der Waals surface area contributed by atoms with Gasteiger partial charge in [0.05, 0.1) is 0 Å².